The monoisotopic (exact) mass is 429 g/mol. The third kappa shape index (κ3) is 5.10. The molecular formula is C20H20ClN5O2S. The number of amides is 2. The van der Waals surface area contributed by atoms with Gasteiger partial charge >= 0.3 is 0 Å². The molecule has 7 nitrogen and oxygen atoms in total. The van der Waals surface area contributed by atoms with E-state index in [-0.39, 0.29) is 24.9 Å². The summed E-state index contributed by atoms with van der Waals surface area (Å²) in [6.07, 6.45) is 0. The van der Waals surface area contributed by atoms with E-state index in [1.165, 1.54) is 4.90 Å². The Balaban J connectivity index is 1.68. The van der Waals surface area contributed by atoms with E-state index in [0.717, 1.165) is 11.1 Å². The van der Waals surface area contributed by atoms with Crippen molar-refractivity contribution in [1.82, 2.24) is 19.7 Å². The topological polar surface area (TPSA) is 83.0 Å². The summed E-state index contributed by atoms with van der Waals surface area (Å²) in [5, 5.41) is 10.1. The van der Waals surface area contributed by atoms with Crippen LogP contribution in [0.15, 0.2) is 48.5 Å². The van der Waals surface area contributed by atoms with Crippen LogP contribution in [0.25, 0.3) is 11.4 Å². The SMILES string of the molecule is Cc1ccc(-c2n[nH]c(=S)n2CC(=O)N(C)CC(=O)Nc2ccccc2Cl)cc1. The number of halogens is 1. The smallest absolute Gasteiger partial charge is 0.244 e. The molecular weight excluding hydrogens is 410 g/mol. The number of likely N-dealkylation sites (N-methyl/N-ethyl adjacent to an activating group) is 1. The Morgan fingerprint density at radius 2 is 1.90 bits per heavy atom. The zero-order valence-corrected chi connectivity index (χ0v) is 17.5. The van der Waals surface area contributed by atoms with E-state index in [0.29, 0.717) is 21.3 Å². The fourth-order valence-corrected chi connectivity index (χ4v) is 3.08. The van der Waals surface area contributed by atoms with Crippen molar-refractivity contribution in [2.45, 2.75) is 13.5 Å². The first-order valence-corrected chi connectivity index (χ1v) is 9.64. The highest BCUT2D eigenvalue weighted by Gasteiger charge is 2.17. The Kier molecular flexibility index (Phi) is 6.46. The van der Waals surface area contributed by atoms with Crippen LogP contribution in [0.5, 0.6) is 0 Å². The molecule has 9 heteroatoms. The van der Waals surface area contributed by atoms with E-state index in [1.807, 2.05) is 31.2 Å². The van der Waals surface area contributed by atoms with Gasteiger partial charge in [0.05, 0.1) is 17.3 Å². The number of aromatic nitrogens is 3. The number of carbonyl (C=O) groups excluding carboxylic acids is 2. The minimum absolute atomic E-state index is 0.0333. The molecule has 150 valence electrons. The van der Waals surface area contributed by atoms with Crippen molar-refractivity contribution in [2.75, 3.05) is 18.9 Å². The second kappa shape index (κ2) is 9.02. The third-order valence-corrected chi connectivity index (χ3v) is 4.96. The quantitative estimate of drug-likeness (QED) is 0.586. The molecule has 0 atom stereocenters. The fraction of sp³-hybridized carbons (Fsp3) is 0.200. The Hall–Kier alpha value is -2.97. The van der Waals surface area contributed by atoms with Gasteiger partial charge in [-0.15, -0.1) is 0 Å². The minimum Gasteiger partial charge on any atom is -0.335 e. The molecule has 0 spiro atoms. The predicted octanol–water partition coefficient (Wildman–Crippen LogP) is 3.67. The third-order valence-electron chi connectivity index (χ3n) is 4.32. The van der Waals surface area contributed by atoms with Gasteiger partial charge in [0.25, 0.3) is 0 Å². The van der Waals surface area contributed by atoms with Gasteiger partial charge in [-0.25, -0.2) is 0 Å². The lowest BCUT2D eigenvalue weighted by Gasteiger charge is -2.18. The zero-order chi connectivity index (χ0) is 21.0. The number of benzene rings is 2. The van der Waals surface area contributed by atoms with Crippen molar-refractivity contribution >= 4 is 41.3 Å². The molecule has 2 aromatic carbocycles. The molecule has 1 heterocycles. The summed E-state index contributed by atoms with van der Waals surface area (Å²) in [7, 11) is 1.56. The number of aromatic amines is 1. The first-order chi connectivity index (χ1) is 13.8. The van der Waals surface area contributed by atoms with Gasteiger partial charge in [0, 0.05) is 12.6 Å². The number of nitrogens with one attached hydrogen (secondary N) is 2. The molecule has 0 fully saturated rings. The first kappa shape index (κ1) is 20.8. The fourth-order valence-electron chi connectivity index (χ4n) is 2.70. The van der Waals surface area contributed by atoms with E-state index in [1.54, 1.807) is 35.9 Å². The Bertz CT molecular complexity index is 1090. The highest BCUT2D eigenvalue weighted by molar-refractivity contribution is 7.71. The van der Waals surface area contributed by atoms with E-state index < -0.39 is 0 Å². The lowest BCUT2D eigenvalue weighted by atomic mass is 10.1. The second-order valence-corrected chi connectivity index (χ2v) is 7.38. The van der Waals surface area contributed by atoms with Crippen LogP contribution in [0.2, 0.25) is 5.02 Å². The molecule has 0 aliphatic carbocycles. The Labute approximate surface area is 178 Å². The molecule has 3 aromatic rings. The maximum atomic E-state index is 12.7. The second-order valence-electron chi connectivity index (χ2n) is 6.58. The number of hydrogen-bond donors (Lipinski definition) is 2. The number of H-pyrrole nitrogens is 1. The van der Waals surface area contributed by atoms with Crippen LogP contribution < -0.4 is 5.32 Å². The molecule has 2 amide bonds. The highest BCUT2D eigenvalue weighted by atomic mass is 35.5. The van der Waals surface area contributed by atoms with Gasteiger partial charge in [0.2, 0.25) is 11.8 Å². The average molecular weight is 430 g/mol. The number of hydrogen-bond acceptors (Lipinski definition) is 4. The van der Waals surface area contributed by atoms with Crippen LogP contribution >= 0.6 is 23.8 Å². The minimum atomic E-state index is -0.344. The lowest BCUT2D eigenvalue weighted by Crippen LogP contribution is -2.37. The van der Waals surface area contributed by atoms with Crippen molar-refractivity contribution in [1.29, 1.82) is 0 Å². The predicted molar refractivity (Wildman–Crippen MR) is 115 cm³/mol. The number of rotatable bonds is 6. The molecule has 0 saturated carbocycles. The standard InChI is InChI=1S/C20H20ClN5O2S/c1-13-7-9-14(10-8-13)19-23-24-20(29)26(19)12-18(28)25(2)11-17(27)22-16-6-4-3-5-15(16)21/h3-10H,11-12H2,1-2H3,(H,22,27)(H,24,29). The molecule has 1 aromatic heterocycles. The number of carbonyl (C=O) groups is 2. The normalized spacial score (nSPS) is 10.6. The van der Waals surface area contributed by atoms with Gasteiger partial charge in [-0.2, -0.15) is 5.10 Å². The average Bonchev–Trinajstić information content (AvgIpc) is 3.04. The van der Waals surface area contributed by atoms with Gasteiger partial charge in [0.1, 0.15) is 6.54 Å². The highest BCUT2D eigenvalue weighted by Crippen LogP contribution is 2.20. The molecule has 0 aliphatic rings. The van der Waals surface area contributed by atoms with Gasteiger partial charge in [-0.1, -0.05) is 53.6 Å². The summed E-state index contributed by atoms with van der Waals surface area (Å²) in [6, 6.07) is 14.7. The summed E-state index contributed by atoms with van der Waals surface area (Å²) in [6.45, 7) is 1.84. The lowest BCUT2D eigenvalue weighted by molar-refractivity contribution is -0.133. The van der Waals surface area contributed by atoms with Gasteiger partial charge in [-0.05, 0) is 31.3 Å². The maximum absolute atomic E-state index is 12.7. The Morgan fingerprint density at radius 3 is 2.59 bits per heavy atom. The van der Waals surface area contributed by atoms with Gasteiger partial charge < -0.3 is 10.2 Å². The van der Waals surface area contributed by atoms with E-state index >= 15 is 0 Å². The van der Waals surface area contributed by atoms with Crippen LogP contribution in [-0.4, -0.2) is 45.1 Å². The van der Waals surface area contributed by atoms with Crippen LogP contribution in [0.1, 0.15) is 5.56 Å². The van der Waals surface area contributed by atoms with Crippen molar-refractivity contribution < 1.29 is 9.59 Å². The van der Waals surface area contributed by atoms with E-state index in [9.17, 15) is 9.59 Å². The zero-order valence-electron chi connectivity index (χ0n) is 16.0. The van der Waals surface area contributed by atoms with Crippen LogP contribution in [0.4, 0.5) is 5.69 Å². The first-order valence-electron chi connectivity index (χ1n) is 8.85. The Morgan fingerprint density at radius 1 is 1.21 bits per heavy atom. The van der Waals surface area contributed by atoms with Crippen LogP contribution in [0.3, 0.4) is 0 Å². The summed E-state index contributed by atoms with van der Waals surface area (Å²) < 4.78 is 1.95. The summed E-state index contributed by atoms with van der Waals surface area (Å²) >= 11 is 11.3. The van der Waals surface area contributed by atoms with Crippen molar-refractivity contribution in [3.8, 4) is 11.4 Å². The van der Waals surface area contributed by atoms with Gasteiger partial charge in [0.15, 0.2) is 10.6 Å². The number of anilines is 1. The maximum Gasteiger partial charge on any atom is 0.244 e. The summed E-state index contributed by atoms with van der Waals surface area (Å²) in [5.74, 6) is -0.0501. The van der Waals surface area contributed by atoms with Crippen LogP contribution in [0, 0.1) is 11.7 Å². The molecule has 0 bridgehead atoms. The molecule has 0 radical (unpaired) electrons. The molecule has 2 N–H and O–H groups in total. The van der Waals surface area contributed by atoms with Crippen molar-refractivity contribution in [2.24, 2.45) is 0 Å². The largest absolute Gasteiger partial charge is 0.335 e. The molecule has 0 aliphatic heterocycles. The van der Waals surface area contributed by atoms with Crippen LogP contribution in [-0.2, 0) is 16.1 Å². The van der Waals surface area contributed by atoms with E-state index in [2.05, 4.69) is 15.5 Å². The summed E-state index contributed by atoms with van der Waals surface area (Å²) in [5.41, 5.74) is 2.46. The van der Waals surface area contributed by atoms with Crippen molar-refractivity contribution in [3.63, 3.8) is 0 Å². The molecule has 3 rings (SSSR count). The summed E-state index contributed by atoms with van der Waals surface area (Å²) in [4.78, 5) is 26.3. The number of nitrogens with zero attached hydrogens (tertiary/aromatic N) is 3. The number of aryl methyl sites for hydroxylation is 1. The van der Waals surface area contributed by atoms with Crippen molar-refractivity contribution in [3.05, 3.63) is 63.9 Å². The number of para-hydroxylation sites is 1. The molecule has 29 heavy (non-hydrogen) atoms. The molecule has 0 saturated heterocycles. The van der Waals surface area contributed by atoms with E-state index in [4.69, 9.17) is 23.8 Å². The van der Waals surface area contributed by atoms with Gasteiger partial charge in [-0.3, -0.25) is 19.3 Å². The molecule has 0 unspecified atom stereocenters.